The van der Waals surface area contributed by atoms with Crippen LogP contribution in [0.5, 0.6) is 5.75 Å². The molecule has 0 saturated heterocycles. The molecule has 0 amide bonds. The van der Waals surface area contributed by atoms with Crippen molar-refractivity contribution in [3.05, 3.63) is 29.8 Å². The van der Waals surface area contributed by atoms with Crippen molar-refractivity contribution in [1.82, 2.24) is 0 Å². The fraction of sp³-hybridized carbons (Fsp3) is 0.364. The van der Waals surface area contributed by atoms with E-state index in [1.54, 1.807) is 31.4 Å². The van der Waals surface area contributed by atoms with Crippen molar-refractivity contribution in [2.24, 2.45) is 0 Å². The maximum Gasteiger partial charge on any atom is 0.303 e. The second kappa shape index (κ2) is 5.27. The molecule has 0 radical (unpaired) electrons. The highest BCUT2D eigenvalue weighted by atomic mass is 16.5. The smallest absolute Gasteiger partial charge is 0.303 e. The maximum atomic E-state index is 10.5. The molecule has 0 fully saturated rings. The van der Waals surface area contributed by atoms with E-state index < -0.39 is 12.3 Å². The average Bonchev–Trinajstić information content (AvgIpc) is 2.27. The molecule has 3 nitrogen and oxygen atoms in total. The summed E-state index contributed by atoms with van der Waals surface area (Å²) >= 11 is 0. The third-order valence-corrected chi connectivity index (χ3v) is 1.85. The molecule has 1 aromatic carbocycles. The Morgan fingerprint density at radius 2 is 2.14 bits per heavy atom. The van der Waals surface area contributed by atoms with E-state index >= 15 is 0 Å². The second-order valence-corrected chi connectivity index (χ2v) is 2.83. The fourth-order valence-corrected chi connectivity index (χ4v) is 1.11. The van der Waals surface area contributed by atoms with Crippen LogP contribution in [-0.4, -0.2) is 18.2 Å². The first kappa shape index (κ1) is 7.85. The minimum absolute atomic E-state index is 0.0331. The molecule has 0 heterocycles. The topological polar surface area (TPSA) is 46.5 Å². The summed E-state index contributed by atoms with van der Waals surface area (Å²) in [5.74, 6) is -0.689. The van der Waals surface area contributed by atoms with Crippen molar-refractivity contribution in [1.29, 1.82) is 0 Å². The SMILES string of the molecule is [2H]C([2H])(CCc1ccc(OC)cc1)C(=O)O. The third kappa shape index (κ3) is 3.47. The molecule has 0 aliphatic carbocycles. The Morgan fingerprint density at radius 3 is 2.64 bits per heavy atom. The third-order valence-electron chi connectivity index (χ3n) is 1.85. The first-order valence-electron chi connectivity index (χ1n) is 5.32. The van der Waals surface area contributed by atoms with Crippen LogP contribution in [0.1, 0.15) is 21.1 Å². The lowest BCUT2D eigenvalue weighted by Gasteiger charge is -2.02. The number of benzene rings is 1. The minimum Gasteiger partial charge on any atom is -0.497 e. The van der Waals surface area contributed by atoms with Crippen LogP contribution < -0.4 is 4.74 Å². The quantitative estimate of drug-likeness (QED) is 0.784. The van der Waals surface area contributed by atoms with Crippen LogP contribution in [0.15, 0.2) is 24.3 Å². The molecule has 1 rings (SSSR count). The molecule has 0 aliphatic heterocycles. The first-order chi connectivity index (χ1) is 7.45. The van der Waals surface area contributed by atoms with Crippen molar-refractivity contribution >= 4 is 5.97 Å². The fourth-order valence-electron chi connectivity index (χ4n) is 1.11. The molecule has 14 heavy (non-hydrogen) atoms. The second-order valence-electron chi connectivity index (χ2n) is 2.83. The van der Waals surface area contributed by atoms with E-state index in [0.717, 1.165) is 11.3 Å². The van der Waals surface area contributed by atoms with Gasteiger partial charge in [0.05, 0.1) is 7.11 Å². The van der Waals surface area contributed by atoms with Gasteiger partial charge in [-0.2, -0.15) is 0 Å². The van der Waals surface area contributed by atoms with E-state index in [1.165, 1.54) is 0 Å². The van der Waals surface area contributed by atoms with E-state index in [2.05, 4.69) is 0 Å². The molecular formula is C11H14O3. The normalized spacial score (nSPS) is 12.9. The lowest BCUT2D eigenvalue weighted by Crippen LogP contribution is -1.95. The summed E-state index contributed by atoms with van der Waals surface area (Å²) in [5, 5.41) is 8.61. The number of ether oxygens (including phenoxy) is 1. The standard InChI is InChI=1S/C11H14O3/c1-14-10-7-5-9(6-8-10)3-2-4-11(12)13/h5-8H,2-4H2,1H3,(H,12,13)/i4D2. The molecule has 0 atom stereocenters. The largest absolute Gasteiger partial charge is 0.497 e. The maximum absolute atomic E-state index is 10.5. The number of methoxy groups -OCH3 is 1. The summed E-state index contributed by atoms with van der Waals surface area (Å²) < 4.78 is 19.5. The highest BCUT2D eigenvalue weighted by Gasteiger charge is 1.98. The molecule has 1 aromatic rings. The molecule has 76 valence electrons. The van der Waals surface area contributed by atoms with Crippen LogP contribution in [0.2, 0.25) is 0 Å². The van der Waals surface area contributed by atoms with Crippen molar-refractivity contribution in [3.63, 3.8) is 0 Å². The van der Waals surface area contributed by atoms with Crippen molar-refractivity contribution in [2.45, 2.75) is 19.2 Å². The molecule has 3 heteroatoms. The van der Waals surface area contributed by atoms with Gasteiger partial charge in [0.2, 0.25) is 0 Å². The highest BCUT2D eigenvalue weighted by Crippen LogP contribution is 2.12. The summed E-state index contributed by atoms with van der Waals surface area (Å²) in [6.07, 6.45) is -1.81. The van der Waals surface area contributed by atoms with Crippen LogP contribution in [0, 0.1) is 0 Å². The van der Waals surface area contributed by atoms with Crippen molar-refractivity contribution < 1.29 is 17.4 Å². The summed E-state index contributed by atoms with van der Waals surface area (Å²) in [6.45, 7) is 0. The van der Waals surface area contributed by atoms with Gasteiger partial charge in [-0.15, -0.1) is 0 Å². The number of carbonyl (C=O) groups is 1. The van der Waals surface area contributed by atoms with Gasteiger partial charge in [-0.1, -0.05) is 12.1 Å². The number of carboxylic acids is 1. The number of hydrogen-bond donors (Lipinski definition) is 1. The Hall–Kier alpha value is -1.51. The molecule has 0 saturated carbocycles. The van der Waals surface area contributed by atoms with Crippen LogP contribution in [0.25, 0.3) is 0 Å². The Kier molecular flexibility index (Phi) is 2.96. The zero-order valence-electron chi connectivity index (χ0n) is 9.99. The van der Waals surface area contributed by atoms with Crippen molar-refractivity contribution in [2.75, 3.05) is 7.11 Å². The lowest BCUT2D eigenvalue weighted by molar-refractivity contribution is -0.137. The molecule has 1 N–H and O–H groups in total. The van der Waals surface area contributed by atoms with E-state index in [9.17, 15) is 4.79 Å². The monoisotopic (exact) mass is 196 g/mol. The summed E-state index contributed by atoms with van der Waals surface area (Å²) in [7, 11) is 1.57. The number of aliphatic carboxylic acids is 1. The predicted octanol–water partition coefficient (Wildman–Crippen LogP) is 2.10. The summed E-state index contributed by atoms with van der Waals surface area (Å²) in [4.78, 5) is 10.5. The van der Waals surface area contributed by atoms with Gasteiger partial charge < -0.3 is 9.84 Å². The number of hydrogen-bond acceptors (Lipinski definition) is 2. The molecule has 0 unspecified atom stereocenters. The van der Waals surface area contributed by atoms with Crippen LogP contribution in [0.3, 0.4) is 0 Å². The summed E-state index contributed by atoms with van der Waals surface area (Å²) in [5.41, 5.74) is 0.894. The van der Waals surface area contributed by atoms with Gasteiger partial charge >= 0.3 is 5.97 Å². The Labute approximate surface area is 86.1 Å². The summed E-state index contributed by atoms with van der Waals surface area (Å²) in [6, 6.07) is 7.14. The van der Waals surface area contributed by atoms with Crippen LogP contribution in [-0.2, 0) is 11.2 Å². The molecule has 0 aromatic heterocycles. The van der Waals surface area contributed by atoms with E-state index in [4.69, 9.17) is 12.6 Å². The van der Waals surface area contributed by atoms with Gasteiger partial charge in [-0.3, -0.25) is 4.79 Å². The minimum atomic E-state index is -2.17. The lowest BCUT2D eigenvalue weighted by atomic mass is 10.1. The Balaban J connectivity index is 2.58. The molecule has 0 spiro atoms. The van der Waals surface area contributed by atoms with Crippen LogP contribution >= 0.6 is 0 Å². The van der Waals surface area contributed by atoms with Crippen LogP contribution in [0.4, 0.5) is 0 Å². The predicted molar refractivity (Wildman–Crippen MR) is 53.6 cm³/mol. The van der Waals surface area contributed by atoms with Gasteiger partial charge in [0, 0.05) is 9.11 Å². The van der Waals surface area contributed by atoms with Gasteiger partial charge in [0.15, 0.2) is 0 Å². The molecule has 0 aliphatic rings. The Morgan fingerprint density at radius 1 is 1.50 bits per heavy atom. The molecule has 0 bridgehead atoms. The average molecular weight is 196 g/mol. The van der Waals surface area contributed by atoms with E-state index in [0.29, 0.717) is 6.42 Å². The number of carboxylic acid groups (broad SMARTS) is 1. The van der Waals surface area contributed by atoms with Gasteiger partial charge in [0.25, 0.3) is 0 Å². The van der Waals surface area contributed by atoms with E-state index in [1.807, 2.05) is 0 Å². The first-order valence-corrected chi connectivity index (χ1v) is 4.32. The number of aryl methyl sites for hydroxylation is 1. The molecular weight excluding hydrogens is 180 g/mol. The zero-order valence-corrected chi connectivity index (χ0v) is 7.99. The number of rotatable bonds is 5. The van der Waals surface area contributed by atoms with Crippen molar-refractivity contribution in [3.8, 4) is 5.75 Å². The van der Waals surface area contributed by atoms with Gasteiger partial charge in [0.1, 0.15) is 5.75 Å². The van der Waals surface area contributed by atoms with E-state index in [-0.39, 0.29) is 6.42 Å². The highest BCUT2D eigenvalue weighted by molar-refractivity contribution is 5.66. The van der Waals surface area contributed by atoms with Gasteiger partial charge in [-0.05, 0) is 30.5 Å². The van der Waals surface area contributed by atoms with Gasteiger partial charge in [-0.25, -0.2) is 0 Å². The zero-order chi connectivity index (χ0) is 12.2. The Bertz CT molecular complexity index is 360.